The van der Waals surface area contributed by atoms with Gasteiger partial charge in [0.25, 0.3) is 0 Å². The van der Waals surface area contributed by atoms with Gasteiger partial charge in [0.2, 0.25) is 0 Å². The smallest absolute Gasteiger partial charge is 0.342 e. The van der Waals surface area contributed by atoms with Crippen molar-refractivity contribution in [3.63, 3.8) is 0 Å². The number of benzene rings is 1. The molecule has 3 nitrogen and oxygen atoms in total. The second kappa shape index (κ2) is 3.31. The number of carbonyl (C=O) groups is 1. The summed E-state index contributed by atoms with van der Waals surface area (Å²) >= 11 is 0. The lowest BCUT2D eigenvalue weighted by atomic mass is 9.98. The first kappa shape index (κ1) is 9.59. The standard InChI is InChI=1S/C10H5F2NO2/c11-6-1-5-2-7(4-13)15-10(14)9(5)8(12)3-6/h1,3,7H,2H2. The Morgan fingerprint density at radius 2 is 2.20 bits per heavy atom. The fourth-order valence-electron chi connectivity index (χ4n) is 1.52. The van der Waals surface area contributed by atoms with Crippen molar-refractivity contribution < 1.29 is 18.3 Å². The number of fused-ring (bicyclic) bond motifs is 1. The van der Waals surface area contributed by atoms with Crippen LogP contribution in [0.5, 0.6) is 0 Å². The summed E-state index contributed by atoms with van der Waals surface area (Å²) < 4.78 is 30.6. The van der Waals surface area contributed by atoms with Gasteiger partial charge in [-0.2, -0.15) is 5.26 Å². The summed E-state index contributed by atoms with van der Waals surface area (Å²) in [5.74, 6) is -2.63. The van der Waals surface area contributed by atoms with Crippen molar-refractivity contribution in [3.05, 3.63) is 34.9 Å². The molecule has 0 fully saturated rings. The second-order valence-electron chi connectivity index (χ2n) is 3.15. The van der Waals surface area contributed by atoms with E-state index in [1.54, 1.807) is 6.07 Å². The van der Waals surface area contributed by atoms with E-state index in [0.717, 1.165) is 6.07 Å². The minimum Gasteiger partial charge on any atom is -0.443 e. The van der Waals surface area contributed by atoms with Crippen LogP contribution in [0.4, 0.5) is 8.78 Å². The van der Waals surface area contributed by atoms with Crippen molar-refractivity contribution in [2.45, 2.75) is 12.5 Å². The van der Waals surface area contributed by atoms with Crippen LogP contribution in [0.3, 0.4) is 0 Å². The minimum atomic E-state index is -0.966. The lowest BCUT2D eigenvalue weighted by molar-refractivity contribution is 0.0363. The Labute approximate surface area is 83.9 Å². The summed E-state index contributed by atoms with van der Waals surface area (Å²) in [5, 5.41) is 8.56. The minimum absolute atomic E-state index is 0.0201. The third-order valence-corrected chi connectivity index (χ3v) is 2.14. The Morgan fingerprint density at radius 3 is 2.87 bits per heavy atom. The molecule has 1 aliphatic rings. The van der Waals surface area contributed by atoms with E-state index in [1.807, 2.05) is 0 Å². The maximum absolute atomic E-state index is 13.2. The molecular formula is C10H5F2NO2. The first-order chi connectivity index (χ1) is 7.11. The van der Waals surface area contributed by atoms with Gasteiger partial charge in [0.1, 0.15) is 17.7 Å². The average Bonchev–Trinajstić information content (AvgIpc) is 2.15. The Bertz CT molecular complexity index is 479. The van der Waals surface area contributed by atoms with Crippen LogP contribution >= 0.6 is 0 Å². The molecule has 2 rings (SSSR count). The largest absolute Gasteiger partial charge is 0.443 e. The number of nitrogens with zero attached hydrogens (tertiary/aromatic N) is 1. The molecule has 0 saturated carbocycles. The topological polar surface area (TPSA) is 50.1 Å². The van der Waals surface area contributed by atoms with Crippen molar-refractivity contribution in [3.8, 4) is 6.07 Å². The zero-order chi connectivity index (χ0) is 11.0. The molecule has 1 atom stereocenters. The molecule has 0 aromatic heterocycles. The lowest BCUT2D eigenvalue weighted by Gasteiger charge is -2.19. The number of ether oxygens (including phenoxy) is 1. The van der Waals surface area contributed by atoms with Crippen molar-refractivity contribution >= 4 is 5.97 Å². The van der Waals surface area contributed by atoms with E-state index in [2.05, 4.69) is 4.74 Å². The highest BCUT2D eigenvalue weighted by atomic mass is 19.1. The zero-order valence-electron chi connectivity index (χ0n) is 7.46. The van der Waals surface area contributed by atoms with Crippen molar-refractivity contribution in [2.75, 3.05) is 0 Å². The molecule has 76 valence electrons. The van der Waals surface area contributed by atoms with Crippen LogP contribution in [0.2, 0.25) is 0 Å². The van der Waals surface area contributed by atoms with Gasteiger partial charge in [-0.25, -0.2) is 13.6 Å². The molecular weight excluding hydrogens is 204 g/mol. The maximum Gasteiger partial charge on any atom is 0.342 e. The van der Waals surface area contributed by atoms with Gasteiger partial charge in [-0.05, 0) is 11.6 Å². The highest BCUT2D eigenvalue weighted by Crippen LogP contribution is 2.24. The van der Waals surface area contributed by atoms with Gasteiger partial charge < -0.3 is 4.74 Å². The Morgan fingerprint density at radius 1 is 1.47 bits per heavy atom. The normalized spacial score (nSPS) is 19.0. The number of halogens is 2. The molecule has 0 spiro atoms. The molecule has 5 heteroatoms. The van der Waals surface area contributed by atoms with Gasteiger partial charge in [0.15, 0.2) is 6.10 Å². The van der Waals surface area contributed by atoms with Crippen LogP contribution < -0.4 is 0 Å². The van der Waals surface area contributed by atoms with E-state index in [0.29, 0.717) is 6.07 Å². The number of rotatable bonds is 0. The van der Waals surface area contributed by atoms with Gasteiger partial charge in [0, 0.05) is 12.5 Å². The highest BCUT2D eigenvalue weighted by Gasteiger charge is 2.29. The van der Waals surface area contributed by atoms with Crippen LogP contribution in [0, 0.1) is 23.0 Å². The predicted octanol–water partition coefficient (Wildman–Crippen LogP) is 1.57. The van der Waals surface area contributed by atoms with Crippen LogP contribution in [0.1, 0.15) is 15.9 Å². The molecule has 1 aliphatic heterocycles. The predicted molar refractivity (Wildman–Crippen MR) is 44.9 cm³/mol. The van der Waals surface area contributed by atoms with Gasteiger partial charge in [-0.3, -0.25) is 0 Å². The van der Waals surface area contributed by atoms with Crippen molar-refractivity contribution in [2.24, 2.45) is 0 Å². The molecule has 0 bridgehead atoms. The van der Waals surface area contributed by atoms with E-state index < -0.39 is 23.7 Å². The van der Waals surface area contributed by atoms with E-state index in [-0.39, 0.29) is 17.5 Å². The lowest BCUT2D eigenvalue weighted by Crippen LogP contribution is -2.27. The molecule has 0 amide bonds. The van der Waals surface area contributed by atoms with E-state index in [9.17, 15) is 13.6 Å². The summed E-state index contributed by atoms with van der Waals surface area (Å²) in [5.41, 5.74) is -0.0989. The molecule has 0 radical (unpaired) electrons. The fraction of sp³-hybridized carbons (Fsp3) is 0.200. The van der Waals surface area contributed by atoms with E-state index >= 15 is 0 Å². The van der Waals surface area contributed by atoms with E-state index in [4.69, 9.17) is 5.26 Å². The number of esters is 1. The summed E-state index contributed by atoms with van der Waals surface area (Å²) in [7, 11) is 0. The van der Waals surface area contributed by atoms with Crippen LogP contribution in [-0.2, 0) is 11.2 Å². The van der Waals surface area contributed by atoms with Gasteiger partial charge >= 0.3 is 5.97 Å². The molecule has 1 unspecified atom stereocenters. The van der Waals surface area contributed by atoms with Gasteiger partial charge in [-0.15, -0.1) is 0 Å². The number of cyclic esters (lactones) is 1. The summed E-state index contributed by atoms with van der Waals surface area (Å²) in [6.45, 7) is 0. The van der Waals surface area contributed by atoms with Crippen LogP contribution in [0.25, 0.3) is 0 Å². The first-order valence-corrected chi connectivity index (χ1v) is 4.20. The molecule has 0 N–H and O–H groups in total. The number of carbonyl (C=O) groups excluding carboxylic acids is 1. The Kier molecular flexibility index (Phi) is 2.12. The van der Waals surface area contributed by atoms with Crippen LogP contribution in [0.15, 0.2) is 12.1 Å². The number of nitriles is 1. The molecule has 15 heavy (non-hydrogen) atoms. The average molecular weight is 209 g/mol. The van der Waals surface area contributed by atoms with Crippen molar-refractivity contribution in [1.29, 1.82) is 5.26 Å². The highest BCUT2D eigenvalue weighted by molar-refractivity contribution is 5.92. The zero-order valence-corrected chi connectivity index (χ0v) is 7.46. The molecule has 0 saturated heterocycles. The monoisotopic (exact) mass is 209 g/mol. The summed E-state index contributed by atoms with van der Waals surface area (Å²) in [4.78, 5) is 11.3. The fourth-order valence-corrected chi connectivity index (χ4v) is 1.52. The third kappa shape index (κ3) is 1.54. The summed E-state index contributed by atoms with van der Waals surface area (Å²) in [6, 6.07) is 3.39. The quantitative estimate of drug-likeness (QED) is 0.609. The molecule has 1 heterocycles. The van der Waals surface area contributed by atoms with Crippen LogP contribution in [-0.4, -0.2) is 12.1 Å². The Balaban J connectivity index is 2.55. The maximum atomic E-state index is 13.2. The second-order valence-corrected chi connectivity index (χ2v) is 3.15. The SMILES string of the molecule is N#CC1Cc2cc(F)cc(F)c2C(=O)O1. The van der Waals surface area contributed by atoms with Gasteiger partial charge in [0.05, 0.1) is 5.56 Å². The van der Waals surface area contributed by atoms with Crippen molar-refractivity contribution in [1.82, 2.24) is 0 Å². The third-order valence-electron chi connectivity index (χ3n) is 2.14. The number of hydrogen-bond donors (Lipinski definition) is 0. The molecule has 1 aromatic rings. The van der Waals surface area contributed by atoms with E-state index in [1.165, 1.54) is 0 Å². The Hall–Kier alpha value is -1.96. The molecule has 1 aromatic carbocycles. The summed E-state index contributed by atoms with van der Waals surface area (Å²) in [6.07, 6.45) is -0.946. The number of hydrogen-bond acceptors (Lipinski definition) is 3. The molecule has 0 aliphatic carbocycles. The first-order valence-electron chi connectivity index (χ1n) is 4.20. The van der Waals surface area contributed by atoms with Gasteiger partial charge in [-0.1, -0.05) is 0 Å².